The van der Waals surface area contributed by atoms with Gasteiger partial charge >= 0.3 is 6.03 Å². The monoisotopic (exact) mass is 519 g/mol. The molecule has 2 aliphatic heterocycles. The number of carbonyl (C=O) groups excluding carboxylic acids is 3. The molecule has 1 fully saturated rings. The van der Waals surface area contributed by atoms with Crippen LogP contribution in [0, 0.1) is 17.6 Å². The third-order valence-corrected chi connectivity index (χ3v) is 8.00. The van der Waals surface area contributed by atoms with Crippen molar-refractivity contribution in [2.24, 2.45) is 11.0 Å². The van der Waals surface area contributed by atoms with Gasteiger partial charge in [-0.05, 0) is 36.4 Å². The van der Waals surface area contributed by atoms with Crippen LogP contribution in [-0.2, 0) is 30.6 Å². The number of allylic oxidation sites excluding steroid dienone is 1. The first-order valence-corrected chi connectivity index (χ1v) is 12.4. The van der Waals surface area contributed by atoms with E-state index in [0.29, 0.717) is 5.56 Å². The van der Waals surface area contributed by atoms with Gasteiger partial charge in [0, 0.05) is 35.9 Å². The maximum Gasteiger partial charge on any atom is 0.344 e. The summed E-state index contributed by atoms with van der Waals surface area (Å²) in [6, 6.07) is 6.08. The lowest BCUT2D eigenvalue weighted by Gasteiger charge is -2.32. The minimum atomic E-state index is -1.60. The van der Waals surface area contributed by atoms with Gasteiger partial charge in [0.05, 0.1) is 12.8 Å². The molecule has 36 heavy (non-hydrogen) atoms. The van der Waals surface area contributed by atoms with Gasteiger partial charge in [0.1, 0.15) is 23.4 Å². The van der Waals surface area contributed by atoms with Crippen molar-refractivity contribution >= 4 is 39.4 Å². The molecule has 0 saturated carbocycles. The molecule has 0 bridgehead atoms. The van der Waals surface area contributed by atoms with E-state index in [2.05, 4.69) is 31.1 Å². The average Bonchev–Trinajstić information content (AvgIpc) is 3.14. The number of carbonyl (C=O) groups is 3. The summed E-state index contributed by atoms with van der Waals surface area (Å²) in [6.07, 6.45) is 4.56. The van der Waals surface area contributed by atoms with Crippen LogP contribution < -0.4 is 16.2 Å². The number of thiol groups is 1. The molecule has 1 aromatic heterocycles. The Bertz CT molecular complexity index is 1240. The summed E-state index contributed by atoms with van der Waals surface area (Å²) >= 11 is 0. The van der Waals surface area contributed by atoms with Crippen LogP contribution in [0.1, 0.15) is 11.1 Å². The summed E-state index contributed by atoms with van der Waals surface area (Å²) in [5, 5.41) is 6.33. The maximum atomic E-state index is 14.1. The van der Waals surface area contributed by atoms with Crippen molar-refractivity contribution in [3.05, 3.63) is 71.4 Å². The highest BCUT2D eigenvalue weighted by molar-refractivity contribution is 8.30. The van der Waals surface area contributed by atoms with E-state index in [9.17, 15) is 23.2 Å². The number of aromatic nitrogens is 1. The Labute approximate surface area is 207 Å². The minimum Gasteiger partial charge on any atom is -0.350 e. The first-order chi connectivity index (χ1) is 17.3. The molecule has 1 aromatic carbocycles. The minimum absolute atomic E-state index is 0.0656. The van der Waals surface area contributed by atoms with Crippen LogP contribution in [-0.4, -0.2) is 47.6 Å². The van der Waals surface area contributed by atoms with Crippen LogP contribution in [0.5, 0.6) is 0 Å². The Hall–Kier alpha value is -3.68. The SMILES string of the molecule is CONC(=O)Nc1ccc(C2(OC)C=CC(C3C(=O)C[SH](Cc4c(F)cccc4F)C3=O)=NN2)cn1. The largest absolute Gasteiger partial charge is 0.350 e. The highest BCUT2D eigenvalue weighted by Crippen LogP contribution is 2.43. The van der Waals surface area contributed by atoms with Crippen molar-refractivity contribution < 1.29 is 32.7 Å². The van der Waals surface area contributed by atoms with E-state index in [1.54, 1.807) is 18.2 Å². The molecule has 2 aromatic rings. The number of hydroxylamine groups is 1. The fourth-order valence-corrected chi connectivity index (χ4v) is 6.18. The van der Waals surface area contributed by atoms with Crippen LogP contribution in [0.3, 0.4) is 0 Å². The Kier molecular flexibility index (Phi) is 7.43. The van der Waals surface area contributed by atoms with E-state index >= 15 is 0 Å². The molecule has 0 radical (unpaired) electrons. The smallest absolute Gasteiger partial charge is 0.344 e. The Morgan fingerprint density at radius 3 is 2.56 bits per heavy atom. The van der Waals surface area contributed by atoms with Gasteiger partial charge in [-0.3, -0.25) is 25.2 Å². The second kappa shape index (κ2) is 10.5. The molecule has 3 heterocycles. The first kappa shape index (κ1) is 25.4. The zero-order valence-corrected chi connectivity index (χ0v) is 20.1. The number of ketones is 1. The first-order valence-electron chi connectivity index (χ1n) is 10.7. The molecule has 3 atom stereocenters. The van der Waals surface area contributed by atoms with Crippen LogP contribution >= 0.6 is 10.9 Å². The van der Waals surface area contributed by atoms with E-state index in [-0.39, 0.29) is 39.5 Å². The number of hydrazone groups is 1. The number of benzene rings is 1. The van der Waals surface area contributed by atoms with Gasteiger partial charge < -0.3 is 4.74 Å². The fraction of sp³-hybridized carbons (Fsp3) is 0.261. The van der Waals surface area contributed by atoms with Crippen molar-refractivity contribution in [1.82, 2.24) is 15.9 Å². The molecule has 0 spiro atoms. The molecule has 13 heteroatoms. The number of nitrogens with one attached hydrogen (secondary N) is 3. The summed E-state index contributed by atoms with van der Waals surface area (Å²) in [7, 11) is 1.13. The maximum absolute atomic E-state index is 14.1. The summed E-state index contributed by atoms with van der Waals surface area (Å²) in [5.74, 6) is -2.89. The molecule has 4 rings (SSSR count). The van der Waals surface area contributed by atoms with Gasteiger partial charge in [0.25, 0.3) is 0 Å². The third kappa shape index (κ3) is 4.98. The number of hydrogen-bond donors (Lipinski definition) is 4. The number of halogens is 2. The quantitative estimate of drug-likeness (QED) is 0.251. The number of pyridine rings is 1. The second-order valence-corrected chi connectivity index (χ2v) is 10.1. The van der Waals surface area contributed by atoms with Gasteiger partial charge in [-0.15, -0.1) is 0 Å². The van der Waals surface area contributed by atoms with Gasteiger partial charge in [-0.1, -0.05) is 6.07 Å². The predicted octanol–water partition coefficient (Wildman–Crippen LogP) is 2.28. The molecule has 0 aliphatic carbocycles. The van der Waals surface area contributed by atoms with E-state index < -0.39 is 40.2 Å². The molecule has 3 N–H and O–H groups in total. The lowest BCUT2D eigenvalue weighted by atomic mass is 9.96. The number of amides is 2. The summed E-state index contributed by atoms with van der Waals surface area (Å²) in [4.78, 5) is 46.0. The molecular weight excluding hydrogens is 496 g/mol. The number of methoxy groups -OCH3 is 1. The number of hydrogen-bond acceptors (Lipinski definition) is 8. The highest BCUT2D eigenvalue weighted by Gasteiger charge is 2.44. The second-order valence-electron chi connectivity index (χ2n) is 7.91. The Balaban J connectivity index is 1.48. The zero-order chi connectivity index (χ0) is 25.9. The number of urea groups is 1. The van der Waals surface area contributed by atoms with E-state index in [1.165, 1.54) is 32.6 Å². The summed E-state index contributed by atoms with van der Waals surface area (Å²) in [5.41, 5.74) is 4.23. The summed E-state index contributed by atoms with van der Waals surface area (Å²) < 4.78 is 33.7. The van der Waals surface area contributed by atoms with Crippen LogP contribution in [0.2, 0.25) is 0 Å². The van der Waals surface area contributed by atoms with Gasteiger partial charge in [0.2, 0.25) is 5.72 Å². The fourth-order valence-electron chi connectivity index (χ4n) is 3.88. The zero-order valence-electron chi connectivity index (χ0n) is 19.2. The van der Waals surface area contributed by atoms with Crippen molar-refractivity contribution in [2.75, 3.05) is 25.3 Å². The molecule has 2 amide bonds. The lowest BCUT2D eigenvalue weighted by molar-refractivity contribution is -0.122. The Morgan fingerprint density at radius 1 is 1.22 bits per heavy atom. The lowest BCUT2D eigenvalue weighted by Crippen LogP contribution is -2.43. The highest BCUT2D eigenvalue weighted by atomic mass is 32.2. The van der Waals surface area contributed by atoms with Crippen LogP contribution in [0.25, 0.3) is 0 Å². The number of anilines is 1. The normalized spacial score (nSPS) is 24.3. The van der Waals surface area contributed by atoms with Gasteiger partial charge in [-0.2, -0.15) is 16.0 Å². The number of ether oxygens (including phenoxy) is 1. The Morgan fingerprint density at radius 2 is 1.97 bits per heavy atom. The third-order valence-electron chi connectivity index (χ3n) is 5.72. The van der Waals surface area contributed by atoms with Crippen LogP contribution in [0.15, 0.2) is 53.8 Å². The molecule has 3 unspecified atom stereocenters. The summed E-state index contributed by atoms with van der Waals surface area (Å²) in [6.45, 7) is 0. The molecule has 10 nitrogen and oxygen atoms in total. The van der Waals surface area contributed by atoms with E-state index in [1.807, 2.05) is 0 Å². The van der Waals surface area contributed by atoms with Crippen molar-refractivity contribution in [2.45, 2.75) is 11.5 Å². The van der Waals surface area contributed by atoms with E-state index in [0.717, 1.165) is 12.1 Å². The van der Waals surface area contributed by atoms with Gasteiger partial charge in [0.15, 0.2) is 10.9 Å². The van der Waals surface area contributed by atoms with Crippen LogP contribution in [0.4, 0.5) is 19.4 Å². The average molecular weight is 520 g/mol. The molecule has 2 aliphatic rings. The topological polar surface area (TPSA) is 131 Å². The van der Waals surface area contributed by atoms with E-state index in [4.69, 9.17) is 4.74 Å². The number of rotatable bonds is 7. The number of Topliss-reactive ketones (excluding diaryl/α,β-unsaturated/α-hetero) is 1. The standard InChI is InChI=1S/C23H23F2N5O5S/c1-34-23(13-6-7-19(26-10-13)27-22(33)29-35-2)9-8-17(28-30-23)20-18(31)12-36(21(20)32)11-14-15(24)4-3-5-16(14)25/h3-10,20,30,36H,11-12H2,1-2H3,(H2,26,27,29,33). The van der Waals surface area contributed by atoms with Gasteiger partial charge in [-0.25, -0.2) is 24.0 Å². The molecule has 1 saturated heterocycles. The number of nitrogens with zero attached hydrogens (tertiary/aromatic N) is 2. The van der Waals surface area contributed by atoms with Crippen molar-refractivity contribution in [3.8, 4) is 0 Å². The van der Waals surface area contributed by atoms with Crippen molar-refractivity contribution in [3.63, 3.8) is 0 Å². The van der Waals surface area contributed by atoms with Crippen molar-refractivity contribution in [1.29, 1.82) is 0 Å². The molecule has 190 valence electrons. The molecular formula is C23H23F2N5O5S. The predicted molar refractivity (Wildman–Crippen MR) is 129 cm³/mol.